The van der Waals surface area contributed by atoms with Crippen LogP contribution < -0.4 is 16.1 Å². The van der Waals surface area contributed by atoms with Crippen LogP contribution in [0, 0.1) is 5.82 Å². The fraction of sp³-hybridized carbons (Fsp3) is 0. The Hall–Kier alpha value is -5.61. The van der Waals surface area contributed by atoms with Crippen LogP contribution in [-0.2, 0) is 9.59 Å². The van der Waals surface area contributed by atoms with Crippen LogP contribution >= 0.6 is 11.6 Å². The molecular formula is C31H22ClFN6O3. The average molecular weight is 581 g/mol. The predicted octanol–water partition coefficient (Wildman–Crippen LogP) is 5.67. The SMILES string of the molecule is O=C(N/N=C\c1cn(-c2ccccc2)nc1-c1ccc(F)cc1)C(=O)Nc1ccccc1C(=O)Nc1ccc(Cl)cc1. The number of aromatic nitrogens is 2. The summed E-state index contributed by atoms with van der Waals surface area (Å²) in [5, 5.41) is 14.2. The Labute approximate surface area is 244 Å². The number of halogens is 2. The van der Waals surface area contributed by atoms with E-state index in [0.717, 1.165) is 5.69 Å². The minimum atomic E-state index is -1.06. The van der Waals surface area contributed by atoms with Crippen molar-refractivity contribution in [1.82, 2.24) is 15.2 Å². The second-order valence-corrected chi connectivity index (χ2v) is 9.32. The summed E-state index contributed by atoms with van der Waals surface area (Å²) in [6.45, 7) is 0. The number of hydrogen-bond donors (Lipinski definition) is 3. The quantitative estimate of drug-likeness (QED) is 0.131. The standard InChI is InChI=1S/C31H22ClFN6O3/c32-22-12-16-24(17-13-22)35-29(40)26-8-4-5-9-27(26)36-30(41)31(42)37-34-18-21-19-39(25-6-2-1-3-7-25)38-28(21)20-10-14-23(33)15-11-20/h1-19H,(H,35,40)(H,36,41)(H,37,42)/b34-18-. The fourth-order valence-corrected chi connectivity index (χ4v) is 4.06. The first-order valence-electron chi connectivity index (χ1n) is 12.6. The van der Waals surface area contributed by atoms with Gasteiger partial charge < -0.3 is 10.6 Å². The highest BCUT2D eigenvalue weighted by atomic mass is 35.5. The molecule has 0 radical (unpaired) electrons. The number of carbonyl (C=O) groups is 3. The van der Waals surface area contributed by atoms with Crippen LogP contribution in [0.1, 0.15) is 15.9 Å². The zero-order valence-electron chi connectivity index (χ0n) is 21.8. The summed E-state index contributed by atoms with van der Waals surface area (Å²) in [5.41, 5.74) is 5.39. The van der Waals surface area contributed by atoms with Crippen LogP contribution in [0.25, 0.3) is 16.9 Å². The van der Waals surface area contributed by atoms with Crippen molar-refractivity contribution in [3.05, 3.63) is 131 Å². The lowest BCUT2D eigenvalue weighted by molar-refractivity contribution is -0.136. The minimum Gasteiger partial charge on any atom is -0.322 e. The van der Waals surface area contributed by atoms with Gasteiger partial charge in [-0.25, -0.2) is 14.5 Å². The largest absolute Gasteiger partial charge is 0.329 e. The number of hydrogen-bond acceptors (Lipinski definition) is 5. The van der Waals surface area contributed by atoms with E-state index in [1.54, 1.807) is 59.4 Å². The van der Waals surface area contributed by atoms with Crippen molar-refractivity contribution in [3.63, 3.8) is 0 Å². The summed E-state index contributed by atoms with van der Waals surface area (Å²) in [5.74, 6) is -2.97. The summed E-state index contributed by atoms with van der Waals surface area (Å²) >= 11 is 5.89. The van der Waals surface area contributed by atoms with Gasteiger partial charge in [0.25, 0.3) is 5.91 Å². The van der Waals surface area contributed by atoms with Gasteiger partial charge in [0.2, 0.25) is 0 Å². The summed E-state index contributed by atoms with van der Waals surface area (Å²) in [6, 6.07) is 27.9. The highest BCUT2D eigenvalue weighted by Crippen LogP contribution is 2.23. The number of hydrazone groups is 1. The van der Waals surface area contributed by atoms with Gasteiger partial charge in [0.05, 0.1) is 23.2 Å². The number of rotatable bonds is 7. The molecule has 3 amide bonds. The molecule has 0 aliphatic carbocycles. The van der Waals surface area contributed by atoms with Crippen molar-refractivity contribution < 1.29 is 18.8 Å². The van der Waals surface area contributed by atoms with Gasteiger partial charge in [-0.15, -0.1) is 0 Å². The highest BCUT2D eigenvalue weighted by Gasteiger charge is 2.18. The topological polar surface area (TPSA) is 117 Å². The molecule has 4 aromatic carbocycles. The molecule has 11 heteroatoms. The van der Waals surface area contributed by atoms with E-state index in [2.05, 4.69) is 26.3 Å². The zero-order chi connectivity index (χ0) is 29.5. The first kappa shape index (κ1) is 27.9. The van der Waals surface area contributed by atoms with Crippen molar-refractivity contribution in [2.45, 2.75) is 0 Å². The molecule has 0 bridgehead atoms. The van der Waals surface area contributed by atoms with Gasteiger partial charge in [0.1, 0.15) is 11.5 Å². The lowest BCUT2D eigenvalue weighted by atomic mass is 10.1. The number of anilines is 2. The molecule has 0 unspecified atom stereocenters. The molecule has 42 heavy (non-hydrogen) atoms. The highest BCUT2D eigenvalue weighted by molar-refractivity contribution is 6.40. The summed E-state index contributed by atoms with van der Waals surface area (Å²) in [7, 11) is 0. The van der Waals surface area contributed by atoms with E-state index >= 15 is 0 Å². The summed E-state index contributed by atoms with van der Waals surface area (Å²) < 4.78 is 15.1. The molecule has 208 valence electrons. The third-order valence-electron chi connectivity index (χ3n) is 5.98. The van der Waals surface area contributed by atoms with Crippen LogP contribution in [0.15, 0.2) is 114 Å². The minimum absolute atomic E-state index is 0.135. The molecule has 1 heterocycles. The molecule has 0 spiro atoms. The monoisotopic (exact) mass is 580 g/mol. The molecule has 9 nitrogen and oxygen atoms in total. The Morgan fingerprint density at radius 2 is 1.50 bits per heavy atom. The Morgan fingerprint density at radius 1 is 0.810 bits per heavy atom. The van der Waals surface area contributed by atoms with Crippen LogP contribution in [-0.4, -0.2) is 33.7 Å². The molecule has 5 rings (SSSR count). The van der Waals surface area contributed by atoms with Crippen molar-refractivity contribution >= 4 is 46.9 Å². The molecule has 0 saturated carbocycles. The molecule has 0 fully saturated rings. The Bertz CT molecular complexity index is 1770. The van der Waals surface area contributed by atoms with E-state index in [-0.39, 0.29) is 11.3 Å². The van der Waals surface area contributed by atoms with Gasteiger partial charge in [0.15, 0.2) is 0 Å². The van der Waals surface area contributed by atoms with Gasteiger partial charge >= 0.3 is 11.8 Å². The molecule has 3 N–H and O–H groups in total. The first-order chi connectivity index (χ1) is 20.4. The van der Waals surface area contributed by atoms with Crippen molar-refractivity contribution in [3.8, 4) is 16.9 Å². The molecule has 0 atom stereocenters. The van der Waals surface area contributed by atoms with Crippen molar-refractivity contribution in [2.24, 2.45) is 5.10 Å². The van der Waals surface area contributed by atoms with Crippen LogP contribution in [0.4, 0.5) is 15.8 Å². The third kappa shape index (κ3) is 6.75. The summed E-state index contributed by atoms with van der Waals surface area (Å²) in [6.07, 6.45) is 3.03. The van der Waals surface area contributed by atoms with Gasteiger partial charge in [-0.3, -0.25) is 14.4 Å². The van der Waals surface area contributed by atoms with Crippen LogP contribution in [0.3, 0.4) is 0 Å². The second-order valence-electron chi connectivity index (χ2n) is 8.88. The van der Waals surface area contributed by atoms with Gasteiger partial charge in [-0.1, -0.05) is 41.9 Å². The van der Waals surface area contributed by atoms with E-state index in [0.29, 0.717) is 27.5 Å². The van der Waals surface area contributed by atoms with Gasteiger partial charge in [-0.05, 0) is 72.8 Å². The number of nitrogens with one attached hydrogen (secondary N) is 3. The van der Waals surface area contributed by atoms with E-state index in [1.165, 1.54) is 30.5 Å². The van der Waals surface area contributed by atoms with Crippen molar-refractivity contribution in [1.29, 1.82) is 0 Å². The van der Waals surface area contributed by atoms with E-state index in [1.807, 2.05) is 30.3 Å². The maximum absolute atomic E-state index is 13.5. The Balaban J connectivity index is 1.29. The smallest absolute Gasteiger partial charge is 0.322 e. The van der Waals surface area contributed by atoms with E-state index in [4.69, 9.17) is 11.6 Å². The molecule has 1 aromatic heterocycles. The van der Waals surface area contributed by atoms with Gasteiger partial charge in [-0.2, -0.15) is 10.2 Å². The van der Waals surface area contributed by atoms with Crippen molar-refractivity contribution in [2.75, 3.05) is 10.6 Å². The van der Waals surface area contributed by atoms with Gasteiger partial charge in [0, 0.05) is 28.0 Å². The van der Waals surface area contributed by atoms with Crippen LogP contribution in [0.2, 0.25) is 5.02 Å². The molecule has 0 aliphatic rings. The molecule has 5 aromatic rings. The summed E-state index contributed by atoms with van der Waals surface area (Å²) in [4.78, 5) is 38.0. The number of benzene rings is 4. The lowest BCUT2D eigenvalue weighted by Gasteiger charge is -2.11. The van der Waals surface area contributed by atoms with E-state index < -0.39 is 23.5 Å². The number of carbonyl (C=O) groups excluding carboxylic acids is 3. The predicted molar refractivity (Wildman–Crippen MR) is 159 cm³/mol. The lowest BCUT2D eigenvalue weighted by Crippen LogP contribution is -2.33. The molecule has 0 saturated heterocycles. The Kier molecular flexibility index (Phi) is 8.45. The first-order valence-corrected chi connectivity index (χ1v) is 13.0. The molecular weight excluding hydrogens is 559 g/mol. The second kappa shape index (κ2) is 12.7. The van der Waals surface area contributed by atoms with E-state index in [9.17, 15) is 18.8 Å². The third-order valence-corrected chi connectivity index (χ3v) is 6.23. The number of amides is 3. The average Bonchev–Trinajstić information content (AvgIpc) is 3.43. The number of para-hydroxylation sites is 2. The number of nitrogens with zero attached hydrogens (tertiary/aromatic N) is 3. The molecule has 0 aliphatic heterocycles. The van der Waals surface area contributed by atoms with Crippen LogP contribution in [0.5, 0.6) is 0 Å². The Morgan fingerprint density at radius 3 is 2.24 bits per heavy atom. The fourth-order valence-electron chi connectivity index (χ4n) is 3.94. The zero-order valence-corrected chi connectivity index (χ0v) is 22.5. The normalized spacial score (nSPS) is 10.8. The maximum Gasteiger partial charge on any atom is 0.329 e. The maximum atomic E-state index is 13.5.